The van der Waals surface area contributed by atoms with Crippen LogP contribution in [0.5, 0.6) is 0 Å². The van der Waals surface area contributed by atoms with Gasteiger partial charge in [-0.25, -0.2) is 0 Å². The number of hydrogen-bond donors (Lipinski definition) is 2. The second kappa shape index (κ2) is 6.66. The van der Waals surface area contributed by atoms with E-state index in [2.05, 4.69) is 10.6 Å². The predicted octanol–water partition coefficient (Wildman–Crippen LogP) is 2.42. The minimum absolute atomic E-state index is 0.0305. The first-order chi connectivity index (χ1) is 8.65. The fourth-order valence-corrected chi connectivity index (χ4v) is 2.86. The molecule has 1 aromatic carbocycles. The van der Waals surface area contributed by atoms with Crippen LogP contribution in [0, 0.1) is 5.92 Å². The van der Waals surface area contributed by atoms with Crippen molar-refractivity contribution in [2.75, 3.05) is 25.4 Å². The zero-order valence-electron chi connectivity index (χ0n) is 9.71. The molecule has 1 fully saturated rings. The summed E-state index contributed by atoms with van der Waals surface area (Å²) in [6.07, 6.45) is 0. The molecular weight excluding hydrogens is 291 g/mol. The van der Waals surface area contributed by atoms with Gasteiger partial charge in [0, 0.05) is 35.5 Å². The quantitative estimate of drug-likeness (QED) is 0.821. The molecule has 3 nitrogen and oxygen atoms in total. The van der Waals surface area contributed by atoms with Crippen LogP contribution in [0.1, 0.15) is 0 Å². The summed E-state index contributed by atoms with van der Waals surface area (Å²) in [5.41, 5.74) is 0. The maximum absolute atomic E-state index is 11.6. The molecule has 1 amide bonds. The zero-order valence-corrected chi connectivity index (χ0v) is 12.0. The van der Waals surface area contributed by atoms with Crippen LogP contribution in [0.2, 0.25) is 10.0 Å². The molecule has 2 rings (SSSR count). The summed E-state index contributed by atoms with van der Waals surface area (Å²) in [4.78, 5) is 12.5. The summed E-state index contributed by atoms with van der Waals surface area (Å²) in [6.45, 7) is 2.73. The van der Waals surface area contributed by atoms with Gasteiger partial charge in [-0.2, -0.15) is 0 Å². The average Bonchev–Trinajstić information content (AvgIpc) is 2.28. The molecule has 0 unspecified atom stereocenters. The molecule has 0 atom stereocenters. The summed E-state index contributed by atoms with van der Waals surface area (Å²) >= 11 is 13.3. The summed E-state index contributed by atoms with van der Waals surface area (Å²) in [6, 6.07) is 5.25. The Morgan fingerprint density at radius 2 is 2.22 bits per heavy atom. The van der Waals surface area contributed by atoms with Crippen molar-refractivity contribution in [1.82, 2.24) is 10.6 Å². The molecule has 1 heterocycles. The Hall–Kier alpha value is -0.420. The summed E-state index contributed by atoms with van der Waals surface area (Å²) < 4.78 is 0. The van der Waals surface area contributed by atoms with Gasteiger partial charge in [0.25, 0.3) is 0 Å². The van der Waals surface area contributed by atoms with E-state index in [1.165, 1.54) is 11.8 Å². The van der Waals surface area contributed by atoms with Gasteiger partial charge in [0.15, 0.2) is 0 Å². The van der Waals surface area contributed by atoms with Crippen LogP contribution in [0.3, 0.4) is 0 Å². The van der Waals surface area contributed by atoms with E-state index in [1.807, 2.05) is 0 Å². The highest BCUT2D eigenvalue weighted by Gasteiger charge is 2.17. The highest BCUT2D eigenvalue weighted by molar-refractivity contribution is 8.00. The lowest BCUT2D eigenvalue weighted by Gasteiger charge is -2.27. The van der Waals surface area contributed by atoms with Gasteiger partial charge in [-0.15, -0.1) is 11.8 Å². The molecule has 6 heteroatoms. The van der Waals surface area contributed by atoms with Gasteiger partial charge in [-0.1, -0.05) is 23.2 Å². The number of amides is 1. The molecule has 0 spiro atoms. The van der Waals surface area contributed by atoms with Crippen molar-refractivity contribution in [1.29, 1.82) is 0 Å². The Labute approximate surface area is 121 Å². The van der Waals surface area contributed by atoms with Crippen LogP contribution in [-0.4, -0.2) is 31.3 Å². The third kappa shape index (κ3) is 4.05. The highest BCUT2D eigenvalue weighted by atomic mass is 35.5. The number of halogens is 2. The van der Waals surface area contributed by atoms with Gasteiger partial charge in [0.1, 0.15) is 0 Å². The number of hydrogen-bond acceptors (Lipinski definition) is 3. The number of rotatable bonds is 5. The fraction of sp³-hybridized carbons (Fsp3) is 0.417. The van der Waals surface area contributed by atoms with Crippen molar-refractivity contribution in [3.8, 4) is 0 Å². The molecule has 0 radical (unpaired) electrons. The van der Waals surface area contributed by atoms with Gasteiger partial charge in [-0.3, -0.25) is 4.79 Å². The molecular formula is C12H14Cl2N2OS. The van der Waals surface area contributed by atoms with E-state index in [0.29, 0.717) is 21.7 Å². The van der Waals surface area contributed by atoms with E-state index >= 15 is 0 Å². The van der Waals surface area contributed by atoms with Crippen molar-refractivity contribution >= 4 is 40.9 Å². The Balaban J connectivity index is 1.75. The monoisotopic (exact) mass is 304 g/mol. The normalized spacial score (nSPS) is 15.2. The SMILES string of the molecule is O=C(CSc1cc(Cl)ccc1Cl)NCC1CNC1. The summed E-state index contributed by atoms with van der Waals surface area (Å²) in [5, 5.41) is 7.33. The lowest BCUT2D eigenvalue weighted by Crippen LogP contribution is -2.48. The van der Waals surface area contributed by atoms with Crippen molar-refractivity contribution in [2.24, 2.45) is 5.92 Å². The van der Waals surface area contributed by atoms with Gasteiger partial charge >= 0.3 is 0 Å². The van der Waals surface area contributed by atoms with E-state index in [-0.39, 0.29) is 5.91 Å². The Kier molecular flexibility index (Phi) is 5.18. The van der Waals surface area contributed by atoms with Crippen molar-refractivity contribution in [2.45, 2.75) is 4.90 Å². The van der Waals surface area contributed by atoms with Crippen molar-refractivity contribution in [3.63, 3.8) is 0 Å². The largest absolute Gasteiger partial charge is 0.355 e. The van der Waals surface area contributed by atoms with E-state index in [0.717, 1.165) is 24.5 Å². The smallest absolute Gasteiger partial charge is 0.230 e. The zero-order chi connectivity index (χ0) is 13.0. The van der Waals surface area contributed by atoms with E-state index < -0.39 is 0 Å². The number of benzene rings is 1. The Bertz CT molecular complexity index is 438. The number of nitrogens with one attached hydrogen (secondary N) is 2. The highest BCUT2D eigenvalue weighted by Crippen LogP contribution is 2.29. The number of carbonyl (C=O) groups excluding carboxylic acids is 1. The minimum atomic E-state index is 0.0305. The van der Waals surface area contributed by atoms with Gasteiger partial charge < -0.3 is 10.6 Å². The second-order valence-corrected chi connectivity index (χ2v) is 6.05. The van der Waals surface area contributed by atoms with Gasteiger partial charge in [0.05, 0.1) is 10.8 Å². The lowest BCUT2D eigenvalue weighted by atomic mass is 10.0. The van der Waals surface area contributed by atoms with Crippen LogP contribution in [0.15, 0.2) is 23.1 Å². The molecule has 1 aliphatic rings. The number of thioether (sulfide) groups is 1. The molecule has 98 valence electrons. The predicted molar refractivity (Wildman–Crippen MR) is 76.6 cm³/mol. The van der Waals surface area contributed by atoms with Crippen LogP contribution in [0.25, 0.3) is 0 Å². The maximum Gasteiger partial charge on any atom is 0.230 e. The van der Waals surface area contributed by atoms with Crippen LogP contribution in [0.4, 0.5) is 0 Å². The summed E-state index contributed by atoms with van der Waals surface area (Å²) in [7, 11) is 0. The first kappa shape index (κ1) is 14.0. The molecule has 18 heavy (non-hydrogen) atoms. The van der Waals surface area contributed by atoms with Crippen molar-refractivity contribution < 1.29 is 4.79 Å². The summed E-state index contributed by atoms with van der Waals surface area (Å²) in [5.74, 6) is 0.969. The first-order valence-electron chi connectivity index (χ1n) is 5.70. The molecule has 0 aromatic heterocycles. The topological polar surface area (TPSA) is 41.1 Å². The fourth-order valence-electron chi connectivity index (χ4n) is 1.53. The number of carbonyl (C=O) groups is 1. The second-order valence-electron chi connectivity index (χ2n) is 4.19. The van der Waals surface area contributed by atoms with E-state index in [9.17, 15) is 4.79 Å². The first-order valence-corrected chi connectivity index (χ1v) is 7.44. The lowest BCUT2D eigenvalue weighted by molar-refractivity contribution is -0.118. The Morgan fingerprint density at radius 3 is 2.89 bits per heavy atom. The van der Waals surface area contributed by atoms with Gasteiger partial charge in [0.2, 0.25) is 5.91 Å². The molecule has 0 aliphatic carbocycles. The van der Waals surface area contributed by atoms with Crippen LogP contribution < -0.4 is 10.6 Å². The standard InChI is InChI=1S/C12H14Cl2N2OS/c13-9-1-2-10(14)11(3-9)18-7-12(17)16-6-8-4-15-5-8/h1-3,8,15H,4-7H2,(H,16,17). The molecule has 0 bridgehead atoms. The third-order valence-electron chi connectivity index (χ3n) is 2.71. The van der Waals surface area contributed by atoms with E-state index in [1.54, 1.807) is 18.2 Å². The van der Waals surface area contributed by atoms with Gasteiger partial charge in [-0.05, 0) is 18.2 Å². The molecule has 1 saturated heterocycles. The maximum atomic E-state index is 11.6. The minimum Gasteiger partial charge on any atom is -0.355 e. The molecule has 0 saturated carbocycles. The molecule has 1 aromatic rings. The van der Waals surface area contributed by atoms with Crippen LogP contribution in [-0.2, 0) is 4.79 Å². The third-order valence-corrected chi connectivity index (χ3v) is 4.44. The van der Waals surface area contributed by atoms with Crippen LogP contribution >= 0.6 is 35.0 Å². The Morgan fingerprint density at radius 1 is 1.44 bits per heavy atom. The molecule has 1 aliphatic heterocycles. The van der Waals surface area contributed by atoms with E-state index in [4.69, 9.17) is 23.2 Å². The molecule has 2 N–H and O–H groups in total. The van der Waals surface area contributed by atoms with Crippen molar-refractivity contribution in [3.05, 3.63) is 28.2 Å². The average molecular weight is 305 g/mol.